The fourth-order valence-electron chi connectivity index (χ4n) is 4.45. The van der Waals surface area contributed by atoms with E-state index in [2.05, 4.69) is 10.4 Å². The number of hydrogen-bond donors (Lipinski definition) is 1. The molecule has 10 heteroatoms. The number of ether oxygens (including phenoxy) is 1. The van der Waals surface area contributed by atoms with Gasteiger partial charge < -0.3 is 10.1 Å². The minimum Gasteiger partial charge on any atom is -0.497 e. The highest BCUT2D eigenvalue weighted by molar-refractivity contribution is 7.91. The largest absolute Gasteiger partial charge is 0.497 e. The van der Waals surface area contributed by atoms with Crippen LogP contribution in [-0.2, 0) is 27.7 Å². The van der Waals surface area contributed by atoms with Gasteiger partial charge in [-0.3, -0.25) is 14.5 Å². The van der Waals surface area contributed by atoms with Crippen molar-refractivity contribution >= 4 is 27.5 Å². The van der Waals surface area contributed by atoms with Crippen LogP contribution in [0.25, 0.3) is 11.3 Å². The summed E-state index contributed by atoms with van der Waals surface area (Å²) in [5.74, 6) is 1.31. The predicted molar refractivity (Wildman–Crippen MR) is 131 cm³/mol. The van der Waals surface area contributed by atoms with Crippen LogP contribution in [0.5, 0.6) is 5.75 Å². The molecule has 0 aliphatic carbocycles. The van der Waals surface area contributed by atoms with Gasteiger partial charge in [-0.1, -0.05) is 12.1 Å². The van der Waals surface area contributed by atoms with Gasteiger partial charge in [-0.25, -0.2) is 13.1 Å². The van der Waals surface area contributed by atoms with Crippen molar-refractivity contribution in [2.45, 2.75) is 32.0 Å². The van der Waals surface area contributed by atoms with Crippen molar-refractivity contribution in [1.82, 2.24) is 15.1 Å². The molecule has 2 aliphatic heterocycles. The molecule has 3 heterocycles. The summed E-state index contributed by atoms with van der Waals surface area (Å²) in [6.07, 6.45) is 0.803. The van der Waals surface area contributed by atoms with Gasteiger partial charge in [0.15, 0.2) is 9.84 Å². The Kier molecular flexibility index (Phi) is 6.06. The quantitative estimate of drug-likeness (QED) is 0.564. The Hall–Kier alpha value is -3.66. The minimum atomic E-state index is -3.06. The highest BCUT2D eigenvalue weighted by Gasteiger charge is 2.29. The van der Waals surface area contributed by atoms with Crippen molar-refractivity contribution in [2.24, 2.45) is 0 Å². The predicted octanol–water partition coefficient (Wildman–Crippen LogP) is 2.41. The maximum atomic E-state index is 12.8. The first-order valence-corrected chi connectivity index (χ1v) is 13.3. The number of benzene rings is 2. The Bertz CT molecular complexity index is 1360. The third-order valence-electron chi connectivity index (χ3n) is 6.38. The van der Waals surface area contributed by atoms with Crippen molar-refractivity contribution < 1.29 is 22.7 Å². The van der Waals surface area contributed by atoms with Gasteiger partial charge in [0.1, 0.15) is 11.6 Å². The summed E-state index contributed by atoms with van der Waals surface area (Å²) >= 11 is 0. The van der Waals surface area contributed by atoms with Crippen LogP contribution in [0.3, 0.4) is 0 Å². The number of carbonyl (C=O) groups is 2. The zero-order chi connectivity index (χ0) is 24.6. The van der Waals surface area contributed by atoms with Crippen molar-refractivity contribution in [3.8, 4) is 17.0 Å². The molecule has 1 fully saturated rings. The number of aromatic nitrogens is 2. The van der Waals surface area contributed by atoms with E-state index in [1.807, 2.05) is 47.1 Å². The number of nitrogens with one attached hydrogen (secondary N) is 1. The molecular weight excluding hydrogens is 468 g/mol. The summed E-state index contributed by atoms with van der Waals surface area (Å²) < 4.78 is 30.3. The average Bonchev–Trinajstić information content (AvgIpc) is 3.44. The number of methoxy groups -OCH3 is 1. The van der Waals surface area contributed by atoms with Crippen molar-refractivity contribution in [3.05, 3.63) is 65.7 Å². The van der Waals surface area contributed by atoms with E-state index in [0.29, 0.717) is 31.5 Å². The number of aryl methyl sites for hydroxylation is 1. The molecule has 0 spiro atoms. The highest BCUT2D eigenvalue weighted by atomic mass is 32.2. The van der Waals surface area contributed by atoms with Crippen LogP contribution in [0.2, 0.25) is 0 Å². The van der Waals surface area contributed by atoms with E-state index in [-0.39, 0.29) is 29.4 Å². The molecule has 2 aromatic carbocycles. The van der Waals surface area contributed by atoms with Gasteiger partial charge in [-0.05, 0) is 48.4 Å². The first kappa shape index (κ1) is 23.1. The van der Waals surface area contributed by atoms with E-state index in [1.165, 1.54) is 0 Å². The number of rotatable bonds is 6. The number of carbonyl (C=O) groups excluding carboxylic acids is 2. The zero-order valence-corrected chi connectivity index (χ0v) is 20.1. The van der Waals surface area contributed by atoms with Gasteiger partial charge in [-0.15, -0.1) is 0 Å². The third kappa shape index (κ3) is 4.93. The Morgan fingerprint density at radius 3 is 2.54 bits per heavy atom. The zero-order valence-electron chi connectivity index (χ0n) is 19.3. The fraction of sp³-hybridized carbons (Fsp3) is 0.320. The number of nitrogens with zero attached hydrogens (tertiary/aromatic N) is 3. The van der Waals surface area contributed by atoms with E-state index in [9.17, 15) is 18.0 Å². The molecule has 0 radical (unpaired) electrons. The molecule has 1 N–H and O–H groups in total. The summed E-state index contributed by atoms with van der Waals surface area (Å²) in [4.78, 5) is 27.0. The maximum Gasteiger partial charge on any atom is 0.251 e. The SMILES string of the molecule is COc1ccc(-c2cc3n(n2)CCC(=O)N3Cc2ccc(C(=O)NC3CCS(=O)(=O)C3)cc2)cc1. The van der Waals surface area contributed by atoms with E-state index in [4.69, 9.17) is 4.74 Å². The molecule has 0 bridgehead atoms. The third-order valence-corrected chi connectivity index (χ3v) is 8.15. The van der Waals surface area contributed by atoms with Crippen LogP contribution in [0.15, 0.2) is 54.6 Å². The Balaban J connectivity index is 1.30. The van der Waals surface area contributed by atoms with E-state index >= 15 is 0 Å². The van der Waals surface area contributed by atoms with E-state index < -0.39 is 9.84 Å². The molecule has 5 rings (SSSR count). The van der Waals surface area contributed by atoms with Gasteiger partial charge in [0.25, 0.3) is 5.91 Å². The van der Waals surface area contributed by atoms with Gasteiger partial charge in [0, 0.05) is 29.7 Å². The summed E-state index contributed by atoms with van der Waals surface area (Å²) in [6, 6.07) is 16.2. The topological polar surface area (TPSA) is 111 Å². The van der Waals surface area contributed by atoms with Crippen molar-refractivity contribution in [2.75, 3.05) is 23.5 Å². The lowest BCUT2D eigenvalue weighted by molar-refractivity contribution is -0.119. The van der Waals surface area contributed by atoms with Gasteiger partial charge >= 0.3 is 0 Å². The van der Waals surface area contributed by atoms with Crippen LogP contribution < -0.4 is 15.0 Å². The molecule has 35 heavy (non-hydrogen) atoms. The normalized spacial score (nSPS) is 18.8. The molecule has 1 unspecified atom stereocenters. The molecule has 1 aromatic heterocycles. The molecule has 2 aliphatic rings. The number of anilines is 1. The summed E-state index contributed by atoms with van der Waals surface area (Å²) in [6.45, 7) is 0.881. The second kappa shape index (κ2) is 9.18. The van der Waals surface area contributed by atoms with Gasteiger partial charge in [0.05, 0.1) is 37.4 Å². The Labute approximate surface area is 203 Å². The number of amides is 2. The van der Waals surface area contributed by atoms with E-state index in [0.717, 1.165) is 28.4 Å². The molecule has 9 nitrogen and oxygen atoms in total. The maximum absolute atomic E-state index is 12.8. The number of fused-ring (bicyclic) bond motifs is 1. The Morgan fingerprint density at radius 2 is 1.89 bits per heavy atom. The summed E-state index contributed by atoms with van der Waals surface area (Å²) in [5.41, 5.74) is 3.04. The molecule has 1 saturated heterocycles. The standard InChI is InChI=1S/C25H26N4O5S/c1-34-21-8-6-18(7-9-21)22-14-23-28(24(30)10-12-29(23)27-22)15-17-2-4-19(5-3-17)25(31)26-20-11-13-35(32,33)16-20/h2-9,14,20H,10-13,15-16H2,1H3,(H,26,31). The smallest absolute Gasteiger partial charge is 0.251 e. The first-order valence-electron chi connectivity index (χ1n) is 11.4. The van der Waals surface area contributed by atoms with Crippen molar-refractivity contribution in [3.63, 3.8) is 0 Å². The molecule has 1 atom stereocenters. The molecule has 0 saturated carbocycles. The van der Waals surface area contributed by atoms with Crippen LogP contribution in [0.1, 0.15) is 28.8 Å². The molecule has 2 amide bonds. The lowest BCUT2D eigenvalue weighted by Gasteiger charge is -2.27. The van der Waals surface area contributed by atoms with Crippen LogP contribution >= 0.6 is 0 Å². The second-order valence-electron chi connectivity index (χ2n) is 8.84. The van der Waals surface area contributed by atoms with Gasteiger partial charge in [0.2, 0.25) is 5.91 Å². The number of hydrogen-bond acceptors (Lipinski definition) is 6. The average molecular weight is 495 g/mol. The molecule has 3 aromatic rings. The summed E-state index contributed by atoms with van der Waals surface area (Å²) in [7, 11) is -1.44. The van der Waals surface area contributed by atoms with Crippen molar-refractivity contribution in [1.29, 1.82) is 0 Å². The van der Waals surface area contributed by atoms with Crippen LogP contribution in [-0.4, -0.2) is 54.7 Å². The van der Waals surface area contributed by atoms with Crippen LogP contribution in [0.4, 0.5) is 5.82 Å². The highest BCUT2D eigenvalue weighted by Crippen LogP contribution is 2.30. The van der Waals surface area contributed by atoms with E-state index in [1.54, 1.807) is 24.1 Å². The van der Waals surface area contributed by atoms with Crippen LogP contribution in [0, 0.1) is 0 Å². The lowest BCUT2D eigenvalue weighted by Crippen LogP contribution is -2.37. The number of sulfone groups is 1. The second-order valence-corrected chi connectivity index (χ2v) is 11.1. The monoisotopic (exact) mass is 494 g/mol. The molecular formula is C25H26N4O5S. The fourth-order valence-corrected chi connectivity index (χ4v) is 6.12. The summed E-state index contributed by atoms with van der Waals surface area (Å²) in [5, 5.41) is 7.48. The minimum absolute atomic E-state index is 0.0138. The molecule has 182 valence electrons. The lowest BCUT2D eigenvalue weighted by atomic mass is 10.1. The first-order chi connectivity index (χ1) is 16.8. The Morgan fingerprint density at radius 1 is 1.14 bits per heavy atom. The van der Waals surface area contributed by atoms with Gasteiger partial charge in [-0.2, -0.15) is 5.10 Å².